The Morgan fingerprint density at radius 1 is 1.10 bits per heavy atom. The summed E-state index contributed by atoms with van der Waals surface area (Å²) < 4.78 is 5.26. The number of rotatable bonds is 11. The van der Waals surface area contributed by atoms with E-state index in [1.807, 2.05) is 11.0 Å². The van der Waals surface area contributed by atoms with Crippen molar-refractivity contribution >= 4 is 29.3 Å². The van der Waals surface area contributed by atoms with Gasteiger partial charge in [-0.3, -0.25) is 4.79 Å². The SMILES string of the molecule is COc1ccc(CNc2nc(N3CCCC3CO)ncc2C(=O)N(Cc2ncccn2)Cc2ncccn2)cc1Cl. The minimum Gasteiger partial charge on any atom is -0.495 e. The van der Waals surface area contributed by atoms with Crippen LogP contribution < -0.4 is 15.0 Å². The van der Waals surface area contributed by atoms with Gasteiger partial charge in [0.25, 0.3) is 5.91 Å². The van der Waals surface area contributed by atoms with Crippen LogP contribution in [-0.2, 0) is 19.6 Å². The summed E-state index contributed by atoms with van der Waals surface area (Å²) in [6, 6.07) is 8.82. The highest BCUT2D eigenvalue weighted by Gasteiger charge is 2.29. The number of hydrogen-bond acceptors (Lipinski definition) is 11. The van der Waals surface area contributed by atoms with E-state index in [0.717, 1.165) is 24.9 Å². The van der Waals surface area contributed by atoms with Crippen molar-refractivity contribution in [2.75, 3.05) is 30.5 Å². The molecule has 1 fully saturated rings. The van der Waals surface area contributed by atoms with Gasteiger partial charge in [0.1, 0.15) is 28.8 Å². The van der Waals surface area contributed by atoms with Gasteiger partial charge in [0.15, 0.2) is 0 Å². The number of benzene rings is 1. The van der Waals surface area contributed by atoms with E-state index < -0.39 is 0 Å². The van der Waals surface area contributed by atoms with Crippen molar-refractivity contribution in [1.29, 1.82) is 0 Å². The smallest absolute Gasteiger partial charge is 0.260 e. The molecule has 0 saturated carbocycles. The summed E-state index contributed by atoms with van der Waals surface area (Å²) in [5, 5.41) is 13.6. The van der Waals surface area contributed by atoms with Gasteiger partial charge in [-0.25, -0.2) is 24.9 Å². The highest BCUT2D eigenvalue weighted by molar-refractivity contribution is 6.32. The van der Waals surface area contributed by atoms with Crippen LogP contribution in [-0.4, -0.2) is 72.1 Å². The number of aliphatic hydroxyl groups excluding tert-OH is 1. The Morgan fingerprint density at radius 2 is 1.78 bits per heavy atom. The van der Waals surface area contributed by atoms with Crippen LogP contribution in [0.15, 0.2) is 61.3 Å². The molecule has 1 saturated heterocycles. The van der Waals surface area contributed by atoms with Gasteiger partial charge in [-0.1, -0.05) is 17.7 Å². The molecular formula is C28H30ClN9O3. The second-order valence-corrected chi connectivity index (χ2v) is 9.83. The average Bonchev–Trinajstić information content (AvgIpc) is 3.49. The molecule has 4 heterocycles. The van der Waals surface area contributed by atoms with E-state index >= 15 is 0 Å². The van der Waals surface area contributed by atoms with Crippen molar-refractivity contribution in [3.63, 3.8) is 0 Å². The van der Waals surface area contributed by atoms with Crippen molar-refractivity contribution in [2.45, 2.75) is 38.5 Å². The number of amides is 1. The predicted octanol–water partition coefficient (Wildman–Crippen LogP) is 3.13. The number of nitrogens with zero attached hydrogens (tertiary/aromatic N) is 8. The van der Waals surface area contributed by atoms with Crippen LogP contribution in [0.1, 0.15) is 40.4 Å². The third-order valence-corrected chi connectivity index (χ3v) is 7.01. The van der Waals surface area contributed by atoms with Crippen molar-refractivity contribution < 1.29 is 14.6 Å². The molecule has 12 nitrogen and oxygen atoms in total. The lowest BCUT2D eigenvalue weighted by atomic mass is 10.2. The Hall–Kier alpha value is -4.42. The number of nitrogens with one attached hydrogen (secondary N) is 1. The van der Waals surface area contributed by atoms with Gasteiger partial charge >= 0.3 is 0 Å². The number of ether oxygens (including phenoxy) is 1. The number of hydrogen-bond donors (Lipinski definition) is 2. The van der Waals surface area contributed by atoms with E-state index in [4.69, 9.17) is 21.3 Å². The van der Waals surface area contributed by atoms with E-state index in [0.29, 0.717) is 40.7 Å². The molecule has 1 unspecified atom stereocenters. The number of methoxy groups -OCH3 is 1. The molecule has 1 aliphatic heterocycles. The number of anilines is 2. The number of aliphatic hydroxyl groups is 1. The first kappa shape index (κ1) is 28.1. The minimum atomic E-state index is -0.341. The molecule has 4 aromatic rings. The van der Waals surface area contributed by atoms with Gasteiger partial charge in [-0.05, 0) is 42.7 Å². The molecule has 0 radical (unpaired) electrons. The molecule has 41 heavy (non-hydrogen) atoms. The molecule has 3 aromatic heterocycles. The fourth-order valence-electron chi connectivity index (χ4n) is 4.63. The van der Waals surface area contributed by atoms with Crippen LogP contribution >= 0.6 is 11.6 Å². The zero-order chi connectivity index (χ0) is 28.6. The monoisotopic (exact) mass is 575 g/mol. The van der Waals surface area contributed by atoms with Gasteiger partial charge in [0.2, 0.25) is 5.95 Å². The zero-order valence-electron chi connectivity index (χ0n) is 22.5. The lowest BCUT2D eigenvalue weighted by Crippen LogP contribution is -2.35. The number of carbonyl (C=O) groups is 1. The first-order chi connectivity index (χ1) is 20.1. The van der Waals surface area contributed by atoms with Gasteiger partial charge < -0.3 is 25.0 Å². The zero-order valence-corrected chi connectivity index (χ0v) is 23.3. The molecule has 0 bridgehead atoms. The Kier molecular flexibility index (Phi) is 9.12. The van der Waals surface area contributed by atoms with E-state index in [-0.39, 0.29) is 37.2 Å². The minimum absolute atomic E-state index is 0.000912. The first-order valence-corrected chi connectivity index (χ1v) is 13.6. The number of halogens is 1. The summed E-state index contributed by atoms with van der Waals surface area (Å²) in [5.74, 6) is 1.97. The number of aromatic nitrogens is 6. The van der Waals surface area contributed by atoms with E-state index in [9.17, 15) is 9.90 Å². The maximum atomic E-state index is 14.1. The lowest BCUT2D eigenvalue weighted by molar-refractivity contribution is 0.0721. The third-order valence-electron chi connectivity index (χ3n) is 6.72. The largest absolute Gasteiger partial charge is 0.495 e. The summed E-state index contributed by atoms with van der Waals surface area (Å²) >= 11 is 6.34. The van der Waals surface area contributed by atoms with E-state index in [1.165, 1.54) is 6.20 Å². The standard InChI is InChI=1S/C28H30ClN9O3/c1-41-23-7-6-19(13-22(23)29)14-34-26-21(15-35-28(36-26)38-12-2-5-20(38)18-39)27(40)37(16-24-30-8-3-9-31-24)17-25-32-10-4-11-33-25/h3-4,6-11,13,15,20,39H,2,5,12,14,16-18H2,1H3,(H,34,35,36). The topological polar surface area (TPSA) is 142 Å². The highest BCUT2D eigenvalue weighted by atomic mass is 35.5. The summed E-state index contributed by atoms with van der Waals surface area (Å²) in [7, 11) is 1.56. The van der Waals surface area contributed by atoms with Gasteiger partial charge in [0.05, 0.1) is 37.9 Å². The summed E-state index contributed by atoms with van der Waals surface area (Å²) in [6.45, 7) is 1.32. The Bertz CT molecular complexity index is 1420. The molecule has 212 valence electrons. The van der Waals surface area contributed by atoms with Crippen LogP contribution in [0.5, 0.6) is 5.75 Å². The summed E-state index contributed by atoms with van der Waals surface area (Å²) in [5.41, 5.74) is 1.14. The van der Waals surface area contributed by atoms with Crippen LogP contribution in [0.3, 0.4) is 0 Å². The van der Waals surface area contributed by atoms with E-state index in [2.05, 4.69) is 30.2 Å². The third kappa shape index (κ3) is 6.84. The van der Waals surface area contributed by atoms with Crippen LogP contribution in [0.25, 0.3) is 0 Å². The molecule has 1 amide bonds. The van der Waals surface area contributed by atoms with Gasteiger partial charge in [-0.2, -0.15) is 4.98 Å². The lowest BCUT2D eigenvalue weighted by Gasteiger charge is -2.25. The highest BCUT2D eigenvalue weighted by Crippen LogP contribution is 2.28. The van der Waals surface area contributed by atoms with Crippen molar-refractivity contribution in [1.82, 2.24) is 34.8 Å². The Balaban J connectivity index is 1.48. The molecule has 0 spiro atoms. The Labute approximate surface area is 242 Å². The van der Waals surface area contributed by atoms with Crippen LogP contribution in [0.2, 0.25) is 5.02 Å². The fourth-order valence-corrected chi connectivity index (χ4v) is 4.91. The van der Waals surface area contributed by atoms with Gasteiger partial charge in [0, 0.05) is 44.1 Å². The molecule has 1 atom stereocenters. The van der Waals surface area contributed by atoms with Crippen molar-refractivity contribution in [3.8, 4) is 5.75 Å². The predicted molar refractivity (Wildman–Crippen MR) is 152 cm³/mol. The maximum absolute atomic E-state index is 14.1. The normalized spacial score (nSPS) is 14.6. The molecule has 2 N–H and O–H groups in total. The molecule has 5 rings (SSSR count). The molecule has 0 aliphatic carbocycles. The molecule has 1 aliphatic rings. The van der Waals surface area contributed by atoms with Crippen molar-refractivity contribution in [2.24, 2.45) is 0 Å². The average molecular weight is 576 g/mol. The Morgan fingerprint density at radius 3 is 2.39 bits per heavy atom. The molecular weight excluding hydrogens is 546 g/mol. The number of carbonyl (C=O) groups excluding carboxylic acids is 1. The second kappa shape index (κ2) is 13.3. The van der Waals surface area contributed by atoms with Crippen LogP contribution in [0.4, 0.5) is 11.8 Å². The molecule has 13 heteroatoms. The molecule has 1 aromatic carbocycles. The summed E-state index contributed by atoms with van der Waals surface area (Å²) in [6.07, 6.45) is 9.79. The van der Waals surface area contributed by atoms with Gasteiger partial charge in [-0.15, -0.1) is 0 Å². The first-order valence-electron chi connectivity index (χ1n) is 13.2. The fraction of sp³-hybridized carbons (Fsp3) is 0.321. The second-order valence-electron chi connectivity index (χ2n) is 9.42. The van der Waals surface area contributed by atoms with Crippen molar-refractivity contribution in [3.05, 3.63) is 89.1 Å². The quantitative estimate of drug-likeness (QED) is 0.272. The maximum Gasteiger partial charge on any atom is 0.260 e. The van der Waals surface area contributed by atoms with Crippen LogP contribution in [0, 0.1) is 0 Å². The summed E-state index contributed by atoms with van der Waals surface area (Å²) in [4.78, 5) is 44.1. The van der Waals surface area contributed by atoms with E-state index in [1.54, 1.807) is 61.1 Å².